The number of aromatic nitrogens is 2. The summed E-state index contributed by atoms with van der Waals surface area (Å²) >= 11 is 0. The predicted octanol–water partition coefficient (Wildman–Crippen LogP) is 1.64. The van der Waals surface area contributed by atoms with Gasteiger partial charge in [0.25, 0.3) is 5.56 Å². The second kappa shape index (κ2) is 5.56. The molecular formula is C14H14N2O4. The molecule has 0 atom stereocenters. The number of carboxylic acids is 1. The molecule has 0 aromatic carbocycles. The maximum Gasteiger partial charge on any atom is 0.341 e. The quantitative estimate of drug-likeness (QED) is 0.916. The molecule has 2 aromatic heterocycles. The number of rotatable bonds is 4. The van der Waals surface area contributed by atoms with Crippen LogP contribution in [0.3, 0.4) is 0 Å². The molecular weight excluding hydrogens is 260 g/mol. The number of hydrogen-bond acceptors (Lipinski definition) is 4. The second-order valence-electron chi connectivity index (χ2n) is 4.12. The molecule has 1 N–H and O–H groups in total. The zero-order chi connectivity index (χ0) is 14.7. The van der Waals surface area contributed by atoms with Crippen LogP contribution < -0.4 is 10.3 Å². The number of nitrogens with zero attached hydrogens (tertiary/aromatic N) is 2. The summed E-state index contributed by atoms with van der Waals surface area (Å²) in [6, 6.07) is 6.17. The summed E-state index contributed by atoms with van der Waals surface area (Å²) in [5, 5.41) is 8.99. The van der Waals surface area contributed by atoms with E-state index < -0.39 is 11.5 Å². The number of hydrogen-bond donors (Lipinski definition) is 1. The fraction of sp³-hybridized carbons (Fsp3) is 0.214. The second-order valence-corrected chi connectivity index (χ2v) is 4.12. The Balaban J connectivity index is 2.54. The minimum Gasteiger partial charge on any atom is -0.492 e. The first kappa shape index (κ1) is 13.8. The first-order valence-electron chi connectivity index (χ1n) is 6.09. The summed E-state index contributed by atoms with van der Waals surface area (Å²) in [4.78, 5) is 27.3. The standard InChI is InChI=1S/C14H14N2O4/c1-3-20-10-5-7-12(15-8-10)16-9(2)4-6-11(13(16)17)14(18)19/h4-8H,3H2,1-2H3,(H,18,19). The number of pyridine rings is 2. The lowest BCUT2D eigenvalue weighted by atomic mass is 10.2. The smallest absolute Gasteiger partial charge is 0.341 e. The van der Waals surface area contributed by atoms with E-state index in [1.165, 1.54) is 16.8 Å². The van der Waals surface area contributed by atoms with E-state index in [-0.39, 0.29) is 5.56 Å². The summed E-state index contributed by atoms with van der Waals surface area (Å²) in [5.74, 6) is -0.301. The van der Waals surface area contributed by atoms with Gasteiger partial charge < -0.3 is 9.84 Å². The lowest BCUT2D eigenvalue weighted by Crippen LogP contribution is -2.27. The lowest BCUT2D eigenvalue weighted by Gasteiger charge is -2.10. The summed E-state index contributed by atoms with van der Waals surface area (Å²) in [7, 11) is 0. The Hall–Kier alpha value is -2.63. The third-order valence-electron chi connectivity index (χ3n) is 2.77. The molecule has 6 nitrogen and oxygen atoms in total. The van der Waals surface area contributed by atoms with E-state index in [9.17, 15) is 9.59 Å². The van der Waals surface area contributed by atoms with Crippen molar-refractivity contribution in [3.8, 4) is 11.6 Å². The van der Waals surface area contributed by atoms with Gasteiger partial charge >= 0.3 is 5.97 Å². The van der Waals surface area contributed by atoms with E-state index in [1.807, 2.05) is 6.92 Å². The molecule has 2 rings (SSSR count). The average Bonchev–Trinajstić information content (AvgIpc) is 2.40. The molecule has 0 saturated carbocycles. The molecule has 2 aromatic rings. The van der Waals surface area contributed by atoms with Crippen LogP contribution in [0.25, 0.3) is 5.82 Å². The Morgan fingerprint density at radius 3 is 2.65 bits per heavy atom. The molecule has 2 heterocycles. The highest BCUT2D eigenvalue weighted by molar-refractivity contribution is 5.87. The van der Waals surface area contributed by atoms with Gasteiger partial charge in [0, 0.05) is 5.69 Å². The van der Waals surface area contributed by atoms with Crippen molar-refractivity contribution in [3.05, 3.63) is 52.1 Å². The molecule has 20 heavy (non-hydrogen) atoms. The fourth-order valence-corrected chi connectivity index (χ4v) is 1.83. The van der Waals surface area contributed by atoms with Gasteiger partial charge in [0.2, 0.25) is 0 Å². The largest absolute Gasteiger partial charge is 0.492 e. The molecule has 0 aliphatic carbocycles. The minimum atomic E-state index is -1.25. The Kier molecular flexibility index (Phi) is 3.84. The monoisotopic (exact) mass is 274 g/mol. The van der Waals surface area contributed by atoms with Crippen LogP contribution in [-0.4, -0.2) is 27.2 Å². The van der Waals surface area contributed by atoms with Crippen molar-refractivity contribution in [1.29, 1.82) is 0 Å². The van der Waals surface area contributed by atoms with E-state index in [1.54, 1.807) is 25.1 Å². The van der Waals surface area contributed by atoms with Crippen LogP contribution in [0.4, 0.5) is 0 Å². The first-order chi connectivity index (χ1) is 9.54. The topological polar surface area (TPSA) is 81.4 Å². The molecule has 104 valence electrons. The molecule has 0 spiro atoms. The highest BCUT2D eigenvalue weighted by Crippen LogP contribution is 2.12. The Morgan fingerprint density at radius 2 is 2.10 bits per heavy atom. The Bertz CT molecular complexity index is 689. The molecule has 0 bridgehead atoms. The maximum absolute atomic E-state index is 12.2. The SMILES string of the molecule is CCOc1ccc(-n2c(C)ccc(C(=O)O)c2=O)nc1. The molecule has 0 radical (unpaired) electrons. The van der Waals surface area contributed by atoms with Gasteiger partial charge in [-0.2, -0.15) is 0 Å². The summed E-state index contributed by atoms with van der Waals surface area (Å²) in [5.41, 5.74) is -0.280. The molecule has 0 aliphatic heterocycles. The van der Waals surface area contributed by atoms with Gasteiger partial charge in [0.05, 0.1) is 12.8 Å². The predicted molar refractivity (Wildman–Crippen MR) is 72.7 cm³/mol. The molecule has 0 fully saturated rings. The number of carboxylic acid groups (broad SMARTS) is 1. The van der Waals surface area contributed by atoms with Gasteiger partial charge in [0.15, 0.2) is 0 Å². The van der Waals surface area contributed by atoms with Crippen LogP contribution in [0.15, 0.2) is 35.3 Å². The van der Waals surface area contributed by atoms with Crippen molar-refractivity contribution in [1.82, 2.24) is 9.55 Å². The van der Waals surface area contributed by atoms with Gasteiger partial charge in [-0.25, -0.2) is 9.78 Å². The van der Waals surface area contributed by atoms with E-state index in [4.69, 9.17) is 9.84 Å². The van der Waals surface area contributed by atoms with Crippen molar-refractivity contribution < 1.29 is 14.6 Å². The van der Waals surface area contributed by atoms with Crippen LogP contribution in [0.2, 0.25) is 0 Å². The van der Waals surface area contributed by atoms with Gasteiger partial charge in [0.1, 0.15) is 17.1 Å². The highest BCUT2D eigenvalue weighted by atomic mass is 16.5. The molecule has 6 heteroatoms. The third-order valence-corrected chi connectivity index (χ3v) is 2.77. The lowest BCUT2D eigenvalue weighted by molar-refractivity contribution is 0.0694. The van der Waals surface area contributed by atoms with Crippen molar-refractivity contribution in [2.45, 2.75) is 13.8 Å². The van der Waals surface area contributed by atoms with E-state index in [0.717, 1.165) is 0 Å². The Morgan fingerprint density at radius 1 is 1.35 bits per heavy atom. The number of aryl methyl sites for hydroxylation is 1. The molecule has 0 unspecified atom stereocenters. The van der Waals surface area contributed by atoms with Gasteiger partial charge in [-0.15, -0.1) is 0 Å². The average molecular weight is 274 g/mol. The van der Waals surface area contributed by atoms with Gasteiger partial charge in [-0.3, -0.25) is 9.36 Å². The van der Waals surface area contributed by atoms with E-state index in [2.05, 4.69) is 4.98 Å². The Labute approximate surface area is 115 Å². The zero-order valence-electron chi connectivity index (χ0n) is 11.2. The summed E-state index contributed by atoms with van der Waals surface area (Å²) in [6.07, 6.45) is 1.50. The van der Waals surface area contributed by atoms with E-state index >= 15 is 0 Å². The minimum absolute atomic E-state index is 0.286. The van der Waals surface area contributed by atoms with Crippen molar-refractivity contribution in [3.63, 3.8) is 0 Å². The number of carbonyl (C=O) groups is 1. The van der Waals surface area contributed by atoms with Crippen molar-refractivity contribution >= 4 is 5.97 Å². The summed E-state index contributed by atoms with van der Waals surface area (Å²) < 4.78 is 6.54. The van der Waals surface area contributed by atoms with Crippen molar-refractivity contribution in [2.24, 2.45) is 0 Å². The van der Waals surface area contributed by atoms with Gasteiger partial charge in [-0.05, 0) is 38.1 Å². The van der Waals surface area contributed by atoms with Crippen molar-refractivity contribution in [2.75, 3.05) is 6.61 Å². The van der Waals surface area contributed by atoms with E-state index in [0.29, 0.717) is 23.9 Å². The molecule has 0 amide bonds. The van der Waals surface area contributed by atoms with Crippen LogP contribution in [0, 0.1) is 6.92 Å². The number of ether oxygens (including phenoxy) is 1. The zero-order valence-corrected chi connectivity index (χ0v) is 11.2. The van der Waals surface area contributed by atoms with Crippen LogP contribution in [-0.2, 0) is 0 Å². The maximum atomic E-state index is 12.2. The van der Waals surface area contributed by atoms with Crippen LogP contribution >= 0.6 is 0 Å². The number of aromatic carboxylic acids is 1. The fourth-order valence-electron chi connectivity index (χ4n) is 1.83. The van der Waals surface area contributed by atoms with Gasteiger partial charge in [-0.1, -0.05) is 0 Å². The summed E-state index contributed by atoms with van der Waals surface area (Å²) in [6.45, 7) is 4.10. The molecule has 0 saturated heterocycles. The highest BCUT2D eigenvalue weighted by Gasteiger charge is 2.14. The van der Waals surface area contributed by atoms with Crippen LogP contribution in [0.1, 0.15) is 23.0 Å². The third kappa shape index (κ3) is 2.54. The molecule has 0 aliphatic rings. The first-order valence-corrected chi connectivity index (χ1v) is 6.09. The van der Waals surface area contributed by atoms with Crippen LogP contribution in [0.5, 0.6) is 5.75 Å². The normalized spacial score (nSPS) is 10.3.